The third kappa shape index (κ3) is 4.34. The van der Waals surface area contributed by atoms with Crippen LogP contribution >= 0.6 is 11.6 Å². The molecule has 154 valence electrons. The van der Waals surface area contributed by atoms with Gasteiger partial charge in [0.15, 0.2) is 0 Å². The van der Waals surface area contributed by atoms with Crippen molar-refractivity contribution in [2.45, 2.75) is 41.5 Å². The summed E-state index contributed by atoms with van der Waals surface area (Å²) in [5, 5.41) is 3.21. The average molecular weight is 433 g/mol. The van der Waals surface area contributed by atoms with Crippen molar-refractivity contribution >= 4 is 27.5 Å². The van der Waals surface area contributed by atoms with E-state index in [0.29, 0.717) is 0 Å². The Hall–Kier alpha value is -1.89. The minimum Gasteiger partial charge on any atom is -0.353 e. The summed E-state index contributed by atoms with van der Waals surface area (Å²) in [5.41, 5.74) is 1.06. The van der Waals surface area contributed by atoms with Gasteiger partial charge in [-0.15, -0.1) is 11.6 Å². The maximum Gasteiger partial charge on any atom is 0.240 e. The van der Waals surface area contributed by atoms with Gasteiger partial charge in [-0.25, -0.2) is 13.1 Å². The first-order chi connectivity index (χ1) is 14.0. The first-order valence-corrected chi connectivity index (χ1v) is 11.9. The quantitative estimate of drug-likeness (QED) is 0.712. The van der Waals surface area contributed by atoms with Gasteiger partial charge >= 0.3 is 0 Å². The van der Waals surface area contributed by atoms with Crippen LogP contribution in [0.3, 0.4) is 0 Å². The topological polar surface area (TPSA) is 75.3 Å². The Balaban J connectivity index is 1.62. The first kappa shape index (κ1) is 20.4. The highest BCUT2D eigenvalue weighted by Crippen LogP contribution is 2.45. The van der Waals surface area contributed by atoms with Crippen molar-refractivity contribution in [2.24, 2.45) is 11.8 Å². The molecular weight excluding hydrogens is 408 g/mol. The van der Waals surface area contributed by atoms with E-state index in [-0.39, 0.29) is 40.6 Å². The molecule has 1 aliphatic carbocycles. The molecule has 2 aliphatic rings. The number of benzene rings is 2. The number of hydrogen-bond acceptors (Lipinski definition) is 3. The predicted molar refractivity (Wildman–Crippen MR) is 113 cm³/mol. The van der Waals surface area contributed by atoms with E-state index in [0.717, 1.165) is 24.8 Å². The van der Waals surface area contributed by atoms with Gasteiger partial charge in [0.25, 0.3) is 0 Å². The molecule has 0 aromatic heterocycles. The van der Waals surface area contributed by atoms with Gasteiger partial charge in [-0.3, -0.25) is 4.79 Å². The van der Waals surface area contributed by atoms with Gasteiger partial charge in [-0.1, -0.05) is 48.5 Å². The van der Waals surface area contributed by atoms with E-state index in [1.54, 1.807) is 30.3 Å². The van der Waals surface area contributed by atoms with Gasteiger partial charge < -0.3 is 5.32 Å². The zero-order valence-electron chi connectivity index (χ0n) is 16.0. The summed E-state index contributed by atoms with van der Waals surface area (Å²) in [6, 6.07) is 18.2. The molecular formula is C22H25ClN2O3S. The standard InChI is InChI=1S/C22H25ClN2O3S/c23-16-11-12-20-18(13-16)21(15-7-3-1-4-8-15)19(22(26)25-20)14-24-29(27,28)17-9-5-2-6-10-17/h1-10,16,18-21,24H,11-14H2,(H,25,26). The fourth-order valence-electron chi connectivity index (χ4n) is 4.74. The lowest BCUT2D eigenvalue weighted by Crippen LogP contribution is -2.57. The van der Waals surface area contributed by atoms with Gasteiger partial charge in [-0.2, -0.15) is 0 Å². The molecule has 0 radical (unpaired) electrons. The maximum absolute atomic E-state index is 13.0. The fraction of sp³-hybridized carbons (Fsp3) is 0.409. The minimum absolute atomic E-state index is 0.0544. The molecule has 1 aliphatic heterocycles. The average Bonchev–Trinajstić information content (AvgIpc) is 2.73. The van der Waals surface area contributed by atoms with Crippen LogP contribution in [0, 0.1) is 11.8 Å². The highest BCUT2D eigenvalue weighted by molar-refractivity contribution is 7.89. The molecule has 29 heavy (non-hydrogen) atoms. The smallest absolute Gasteiger partial charge is 0.240 e. The van der Waals surface area contributed by atoms with E-state index in [1.165, 1.54) is 0 Å². The van der Waals surface area contributed by atoms with Crippen LogP contribution in [-0.4, -0.2) is 32.3 Å². The van der Waals surface area contributed by atoms with E-state index < -0.39 is 15.9 Å². The second-order valence-corrected chi connectivity index (χ2v) is 10.3. The monoisotopic (exact) mass is 432 g/mol. The number of piperidine rings is 1. The van der Waals surface area contributed by atoms with Gasteiger partial charge in [0.1, 0.15) is 0 Å². The van der Waals surface area contributed by atoms with Crippen LogP contribution in [0.25, 0.3) is 0 Å². The molecule has 2 aromatic rings. The SMILES string of the molecule is O=C1NC2CCC(Cl)CC2C(c2ccccc2)C1CNS(=O)(=O)c1ccccc1. The summed E-state index contributed by atoms with van der Waals surface area (Å²) in [6.45, 7) is 0.0544. The van der Waals surface area contributed by atoms with Crippen molar-refractivity contribution in [3.63, 3.8) is 0 Å². The number of carbonyl (C=O) groups excluding carboxylic acids is 1. The highest BCUT2D eigenvalue weighted by Gasteiger charge is 2.47. The molecule has 1 saturated carbocycles. The van der Waals surface area contributed by atoms with Crippen LogP contribution in [0.2, 0.25) is 0 Å². The third-order valence-electron chi connectivity index (χ3n) is 6.13. The molecule has 7 heteroatoms. The number of alkyl halides is 1. The van der Waals surface area contributed by atoms with E-state index in [1.807, 2.05) is 30.3 Å². The summed E-state index contributed by atoms with van der Waals surface area (Å²) >= 11 is 6.48. The van der Waals surface area contributed by atoms with Crippen molar-refractivity contribution in [1.82, 2.24) is 10.0 Å². The minimum atomic E-state index is -3.68. The molecule has 2 fully saturated rings. The van der Waals surface area contributed by atoms with Crippen LogP contribution in [0.4, 0.5) is 0 Å². The summed E-state index contributed by atoms with van der Waals surface area (Å²) in [6.07, 6.45) is 2.56. The largest absolute Gasteiger partial charge is 0.353 e. The Morgan fingerprint density at radius 3 is 2.34 bits per heavy atom. The third-order valence-corrected chi connectivity index (χ3v) is 7.96. The van der Waals surface area contributed by atoms with Crippen molar-refractivity contribution in [3.05, 3.63) is 66.2 Å². The Morgan fingerprint density at radius 1 is 1.00 bits per heavy atom. The summed E-state index contributed by atoms with van der Waals surface area (Å²) in [7, 11) is -3.68. The van der Waals surface area contributed by atoms with E-state index in [4.69, 9.17) is 11.6 Å². The Labute approximate surface area is 176 Å². The summed E-state index contributed by atoms with van der Waals surface area (Å²) in [4.78, 5) is 13.2. The van der Waals surface area contributed by atoms with Gasteiger partial charge in [-0.05, 0) is 42.9 Å². The van der Waals surface area contributed by atoms with Crippen molar-refractivity contribution in [2.75, 3.05) is 6.54 Å². The number of sulfonamides is 1. The summed E-state index contributed by atoms with van der Waals surface area (Å²) < 4.78 is 28.1. The highest BCUT2D eigenvalue weighted by atomic mass is 35.5. The molecule has 5 nitrogen and oxygen atoms in total. The molecule has 5 atom stereocenters. The molecule has 1 amide bonds. The lowest BCUT2D eigenvalue weighted by atomic mass is 9.65. The van der Waals surface area contributed by atoms with E-state index >= 15 is 0 Å². The van der Waals surface area contributed by atoms with Gasteiger partial charge in [0, 0.05) is 23.9 Å². The number of hydrogen-bond donors (Lipinski definition) is 2. The Kier molecular flexibility index (Phi) is 5.95. The lowest BCUT2D eigenvalue weighted by molar-refractivity contribution is -0.130. The van der Waals surface area contributed by atoms with Crippen LogP contribution in [0.15, 0.2) is 65.6 Å². The number of carbonyl (C=O) groups is 1. The predicted octanol–water partition coefficient (Wildman–Crippen LogP) is 3.27. The number of rotatable bonds is 5. The number of amides is 1. The Morgan fingerprint density at radius 2 is 1.66 bits per heavy atom. The van der Waals surface area contributed by atoms with Crippen molar-refractivity contribution in [3.8, 4) is 0 Å². The first-order valence-electron chi connectivity index (χ1n) is 10.00. The normalized spacial score (nSPS) is 29.7. The number of fused-ring (bicyclic) bond motifs is 1. The molecule has 5 unspecified atom stereocenters. The Bertz CT molecular complexity index is 953. The zero-order valence-corrected chi connectivity index (χ0v) is 17.6. The molecule has 2 aromatic carbocycles. The van der Waals surface area contributed by atoms with Crippen LogP contribution < -0.4 is 10.0 Å². The number of nitrogens with one attached hydrogen (secondary N) is 2. The molecule has 0 spiro atoms. The molecule has 1 heterocycles. The maximum atomic E-state index is 13.0. The van der Waals surface area contributed by atoms with Crippen LogP contribution in [0.1, 0.15) is 30.7 Å². The zero-order chi connectivity index (χ0) is 20.4. The van der Waals surface area contributed by atoms with Crippen molar-refractivity contribution < 1.29 is 13.2 Å². The van der Waals surface area contributed by atoms with Crippen molar-refractivity contribution in [1.29, 1.82) is 0 Å². The molecule has 4 rings (SSSR count). The lowest BCUT2D eigenvalue weighted by Gasteiger charge is -2.46. The van der Waals surface area contributed by atoms with Gasteiger partial charge in [0.2, 0.25) is 15.9 Å². The number of halogens is 1. The van der Waals surface area contributed by atoms with Gasteiger partial charge in [0.05, 0.1) is 10.8 Å². The van der Waals surface area contributed by atoms with E-state index in [2.05, 4.69) is 10.0 Å². The summed E-state index contributed by atoms with van der Waals surface area (Å²) in [5.74, 6) is -0.462. The molecule has 1 saturated heterocycles. The van der Waals surface area contributed by atoms with Crippen LogP contribution in [0.5, 0.6) is 0 Å². The molecule has 0 bridgehead atoms. The fourth-order valence-corrected chi connectivity index (χ4v) is 6.15. The molecule has 2 N–H and O–H groups in total. The second kappa shape index (κ2) is 8.46. The second-order valence-electron chi connectivity index (χ2n) is 7.90. The van der Waals surface area contributed by atoms with Crippen LogP contribution in [-0.2, 0) is 14.8 Å². The van der Waals surface area contributed by atoms with E-state index in [9.17, 15) is 13.2 Å².